The van der Waals surface area contributed by atoms with Gasteiger partial charge >= 0.3 is 0 Å². The van der Waals surface area contributed by atoms with Gasteiger partial charge in [0.15, 0.2) is 0 Å². The Balaban J connectivity index is 2.12. The maximum absolute atomic E-state index is 13.4. The van der Waals surface area contributed by atoms with E-state index in [1.54, 1.807) is 6.07 Å². The van der Waals surface area contributed by atoms with E-state index >= 15 is 0 Å². The highest BCUT2D eigenvalue weighted by atomic mass is 79.9. The number of halogens is 2. The van der Waals surface area contributed by atoms with E-state index in [1.807, 2.05) is 0 Å². The number of aryl methyl sites for hydroxylation is 1. The molecule has 2 rings (SSSR count). The molecule has 1 aromatic rings. The van der Waals surface area contributed by atoms with Gasteiger partial charge in [0.05, 0.1) is 10.6 Å². The first-order valence-electron chi connectivity index (χ1n) is 6.55. The van der Waals surface area contributed by atoms with Crippen molar-refractivity contribution < 1.29 is 9.13 Å². The summed E-state index contributed by atoms with van der Waals surface area (Å²) < 4.78 is 20.1. The predicted octanol–water partition coefficient (Wildman–Crippen LogP) is 3.80. The SMILES string of the molecule is NCCCCc1cc(F)cc(Br)c1OC1CCC1. The first kappa shape index (κ1) is 13.8. The van der Waals surface area contributed by atoms with Crippen molar-refractivity contribution in [2.45, 2.75) is 44.6 Å². The van der Waals surface area contributed by atoms with Crippen LogP contribution in [0.15, 0.2) is 16.6 Å². The molecule has 2 N–H and O–H groups in total. The summed E-state index contributed by atoms with van der Waals surface area (Å²) in [5, 5.41) is 0. The number of unbranched alkanes of at least 4 members (excludes halogenated alkanes) is 1. The summed E-state index contributed by atoms with van der Waals surface area (Å²) in [7, 11) is 0. The van der Waals surface area contributed by atoms with Crippen molar-refractivity contribution in [3.63, 3.8) is 0 Å². The lowest BCUT2D eigenvalue weighted by Crippen LogP contribution is -2.25. The molecule has 0 aliphatic heterocycles. The Hall–Kier alpha value is -0.610. The smallest absolute Gasteiger partial charge is 0.137 e. The van der Waals surface area contributed by atoms with Crippen LogP contribution in [0.3, 0.4) is 0 Å². The van der Waals surface area contributed by atoms with E-state index in [9.17, 15) is 4.39 Å². The van der Waals surface area contributed by atoms with E-state index in [4.69, 9.17) is 10.5 Å². The van der Waals surface area contributed by atoms with Crippen LogP contribution in [0.4, 0.5) is 4.39 Å². The lowest BCUT2D eigenvalue weighted by molar-refractivity contribution is 0.118. The summed E-state index contributed by atoms with van der Waals surface area (Å²) in [6.07, 6.45) is 6.48. The van der Waals surface area contributed by atoms with Crippen LogP contribution in [-0.4, -0.2) is 12.6 Å². The van der Waals surface area contributed by atoms with Gasteiger partial charge in [-0.25, -0.2) is 4.39 Å². The van der Waals surface area contributed by atoms with Gasteiger partial charge in [0.25, 0.3) is 0 Å². The molecule has 0 radical (unpaired) electrons. The molecule has 0 heterocycles. The van der Waals surface area contributed by atoms with Crippen LogP contribution in [0.5, 0.6) is 5.75 Å². The molecule has 0 aromatic heterocycles. The molecule has 1 aliphatic carbocycles. The summed E-state index contributed by atoms with van der Waals surface area (Å²) in [5.74, 6) is 0.601. The van der Waals surface area contributed by atoms with Gasteiger partial charge in [0.1, 0.15) is 11.6 Å². The van der Waals surface area contributed by atoms with Crippen LogP contribution in [0, 0.1) is 5.82 Å². The van der Waals surface area contributed by atoms with Gasteiger partial charge in [0.2, 0.25) is 0 Å². The molecular formula is C14H19BrFNO. The third-order valence-electron chi connectivity index (χ3n) is 3.32. The molecule has 100 valence electrons. The van der Waals surface area contributed by atoms with E-state index < -0.39 is 0 Å². The summed E-state index contributed by atoms with van der Waals surface area (Å²) >= 11 is 3.40. The van der Waals surface area contributed by atoms with Crippen molar-refractivity contribution in [3.8, 4) is 5.75 Å². The highest BCUT2D eigenvalue weighted by Crippen LogP contribution is 2.35. The maximum atomic E-state index is 13.4. The normalized spacial score (nSPS) is 15.5. The average Bonchev–Trinajstić information content (AvgIpc) is 2.25. The second-order valence-corrected chi connectivity index (χ2v) is 5.65. The monoisotopic (exact) mass is 315 g/mol. The lowest BCUT2D eigenvalue weighted by atomic mass is 9.96. The Morgan fingerprint density at radius 2 is 2.11 bits per heavy atom. The summed E-state index contributed by atoms with van der Waals surface area (Å²) in [6, 6.07) is 3.05. The quantitative estimate of drug-likeness (QED) is 0.810. The van der Waals surface area contributed by atoms with Gasteiger partial charge in [-0.1, -0.05) is 0 Å². The second-order valence-electron chi connectivity index (χ2n) is 4.79. The average molecular weight is 316 g/mol. The van der Waals surface area contributed by atoms with Crippen molar-refractivity contribution >= 4 is 15.9 Å². The Morgan fingerprint density at radius 1 is 1.33 bits per heavy atom. The second kappa shape index (κ2) is 6.53. The number of hydrogen-bond acceptors (Lipinski definition) is 2. The Labute approximate surface area is 116 Å². The van der Waals surface area contributed by atoms with Crippen molar-refractivity contribution in [1.82, 2.24) is 0 Å². The maximum Gasteiger partial charge on any atom is 0.137 e. The molecule has 4 heteroatoms. The highest BCUT2D eigenvalue weighted by molar-refractivity contribution is 9.10. The zero-order chi connectivity index (χ0) is 13.0. The molecule has 0 bridgehead atoms. The number of benzene rings is 1. The van der Waals surface area contributed by atoms with Gasteiger partial charge in [-0.05, 0) is 78.7 Å². The molecule has 2 nitrogen and oxygen atoms in total. The van der Waals surface area contributed by atoms with Crippen molar-refractivity contribution in [2.75, 3.05) is 6.54 Å². The van der Waals surface area contributed by atoms with Crippen LogP contribution in [0.25, 0.3) is 0 Å². The van der Waals surface area contributed by atoms with Gasteiger partial charge in [-0.2, -0.15) is 0 Å². The molecule has 0 unspecified atom stereocenters. The lowest BCUT2D eigenvalue weighted by Gasteiger charge is -2.28. The Morgan fingerprint density at radius 3 is 2.72 bits per heavy atom. The van der Waals surface area contributed by atoms with Gasteiger partial charge in [0, 0.05) is 0 Å². The van der Waals surface area contributed by atoms with E-state index in [1.165, 1.54) is 12.5 Å². The molecule has 0 atom stereocenters. The fraction of sp³-hybridized carbons (Fsp3) is 0.571. The van der Waals surface area contributed by atoms with Gasteiger partial charge in [-0.3, -0.25) is 0 Å². The van der Waals surface area contributed by atoms with E-state index in [0.29, 0.717) is 12.6 Å². The molecule has 1 fully saturated rings. The molecule has 0 spiro atoms. The summed E-state index contributed by atoms with van der Waals surface area (Å²) in [4.78, 5) is 0. The number of ether oxygens (including phenoxy) is 1. The number of hydrogen-bond donors (Lipinski definition) is 1. The summed E-state index contributed by atoms with van der Waals surface area (Å²) in [6.45, 7) is 0.676. The van der Waals surface area contributed by atoms with E-state index in [0.717, 1.165) is 47.9 Å². The largest absolute Gasteiger partial charge is 0.489 e. The van der Waals surface area contributed by atoms with Crippen LogP contribution >= 0.6 is 15.9 Å². The molecule has 18 heavy (non-hydrogen) atoms. The zero-order valence-corrected chi connectivity index (χ0v) is 12.0. The minimum absolute atomic E-state index is 0.217. The first-order chi connectivity index (χ1) is 8.70. The minimum atomic E-state index is -0.217. The van der Waals surface area contributed by atoms with Gasteiger partial charge in [-0.15, -0.1) is 0 Å². The molecule has 0 saturated heterocycles. The van der Waals surface area contributed by atoms with Crippen LogP contribution in [-0.2, 0) is 6.42 Å². The van der Waals surface area contributed by atoms with E-state index in [2.05, 4.69) is 15.9 Å². The molecule has 0 amide bonds. The molecule has 1 aromatic carbocycles. The van der Waals surface area contributed by atoms with Gasteiger partial charge < -0.3 is 10.5 Å². The van der Waals surface area contributed by atoms with Crippen LogP contribution in [0.1, 0.15) is 37.7 Å². The van der Waals surface area contributed by atoms with Crippen molar-refractivity contribution in [3.05, 3.63) is 28.0 Å². The first-order valence-corrected chi connectivity index (χ1v) is 7.34. The van der Waals surface area contributed by atoms with Crippen molar-refractivity contribution in [1.29, 1.82) is 0 Å². The van der Waals surface area contributed by atoms with Crippen LogP contribution in [0.2, 0.25) is 0 Å². The van der Waals surface area contributed by atoms with Crippen molar-refractivity contribution in [2.24, 2.45) is 5.73 Å². The topological polar surface area (TPSA) is 35.2 Å². The Bertz CT molecular complexity index is 407. The number of rotatable bonds is 6. The van der Waals surface area contributed by atoms with Crippen LogP contribution < -0.4 is 10.5 Å². The molecular weight excluding hydrogens is 297 g/mol. The fourth-order valence-electron chi connectivity index (χ4n) is 2.05. The van der Waals surface area contributed by atoms with E-state index in [-0.39, 0.29) is 5.82 Å². The predicted molar refractivity (Wildman–Crippen MR) is 74.4 cm³/mol. The third-order valence-corrected chi connectivity index (χ3v) is 3.91. The Kier molecular flexibility index (Phi) is 5.01. The number of nitrogens with two attached hydrogens (primary N) is 1. The fourth-order valence-corrected chi connectivity index (χ4v) is 2.61. The molecule has 1 saturated carbocycles. The molecule has 1 aliphatic rings. The standard InChI is InChI=1S/C14H19BrFNO/c15-13-9-11(16)8-10(4-1-2-7-17)14(13)18-12-5-3-6-12/h8-9,12H,1-7,17H2. The summed E-state index contributed by atoms with van der Waals surface area (Å²) in [5.41, 5.74) is 6.43. The highest BCUT2D eigenvalue weighted by Gasteiger charge is 2.22. The third kappa shape index (κ3) is 3.45. The minimum Gasteiger partial charge on any atom is -0.489 e. The zero-order valence-electron chi connectivity index (χ0n) is 10.4.